The molecule has 0 spiro atoms. The molecule has 0 bridgehead atoms. The third-order valence-electron chi connectivity index (χ3n) is 2.25. The fourth-order valence-corrected chi connectivity index (χ4v) is 1.90. The van der Waals surface area contributed by atoms with Crippen molar-refractivity contribution < 1.29 is 14.4 Å². The van der Waals surface area contributed by atoms with Crippen LogP contribution < -0.4 is 10.8 Å². The molecule has 0 aromatic carbocycles. The molecule has 0 unspecified atom stereocenters. The van der Waals surface area contributed by atoms with Crippen molar-refractivity contribution in [3.8, 4) is 0 Å². The van der Waals surface area contributed by atoms with Gasteiger partial charge in [0, 0.05) is 11.3 Å². The van der Waals surface area contributed by atoms with Gasteiger partial charge in [0.1, 0.15) is 0 Å². The molecule has 0 saturated carbocycles. The summed E-state index contributed by atoms with van der Waals surface area (Å²) in [4.78, 5) is 32.3. The lowest BCUT2D eigenvalue weighted by Crippen LogP contribution is -2.27. The van der Waals surface area contributed by atoms with E-state index in [0.717, 1.165) is 0 Å². The highest BCUT2D eigenvalue weighted by Crippen LogP contribution is 2.16. The van der Waals surface area contributed by atoms with Crippen molar-refractivity contribution in [1.29, 1.82) is 0 Å². The van der Waals surface area contributed by atoms with Gasteiger partial charge in [0.25, 0.3) is 0 Å². The van der Waals surface area contributed by atoms with Gasteiger partial charge in [0.05, 0.1) is 18.7 Å². The molecular weight excluding hydrogens is 278 g/mol. The van der Waals surface area contributed by atoms with E-state index in [1.807, 2.05) is 27.7 Å². The van der Waals surface area contributed by atoms with Gasteiger partial charge in [-0.05, 0) is 5.92 Å². The number of nitrogens with one attached hydrogen (secondary N) is 2. The lowest BCUT2D eigenvalue weighted by Gasteiger charge is -2.06. The Hall–Kier alpha value is -1.47. The summed E-state index contributed by atoms with van der Waals surface area (Å²) in [5.74, 6) is -0.0872. The zero-order valence-electron chi connectivity index (χ0n) is 12.2. The third-order valence-corrected chi connectivity index (χ3v) is 3.06. The number of hydrogen-bond acceptors (Lipinski definition) is 5. The van der Waals surface area contributed by atoms with E-state index in [0.29, 0.717) is 23.4 Å². The minimum absolute atomic E-state index is 0.0874. The number of aromatic nitrogens is 1. The first-order valence-corrected chi connectivity index (χ1v) is 7.42. The first-order valence-electron chi connectivity index (χ1n) is 6.54. The monoisotopic (exact) mass is 299 g/mol. The second-order valence-corrected chi connectivity index (χ2v) is 6.05. The standard InChI is InChI=1S/C13H21N3O3S/c1-8(2)6-19-16-11(17)5-10-7-20-13(14-10)15-12(18)9(3)4/h7-9H,5-6H2,1-4H3,(H,16,17)(H,14,15,18). The van der Waals surface area contributed by atoms with Crippen LogP contribution >= 0.6 is 11.3 Å². The molecule has 112 valence electrons. The van der Waals surface area contributed by atoms with Crippen molar-refractivity contribution >= 4 is 28.3 Å². The molecule has 1 aromatic heterocycles. The highest BCUT2D eigenvalue weighted by Gasteiger charge is 2.12. The Morgan fingerprint density at radius 1 is 1.35 bits per heavy atom. The maximum atomic E-state index is 11.6. The Labute approximate surface area is 122 Å². The van der Waals surface area contributed by atoms with Crippen molar-refractivity contribution in [2.24, 2.45) is 11.8 Å². The average Bonchev–Trinajstić information content (AvgIpc) is 2.75. The molecule has 0 atom stereocenters. The minimum Gasteiger partial charge on any atom is -0.302 e. The van der Waals surface area contributed by atoms with Crippen LogP contribution in [0.3, 0.4) is 0 Å². The number of hydroxylamine groups is 1. The molecule has 2 N–H and O–H groups in total. The summed E-state index contributed by atoms with van der Waals surface area (Å²) < 4.78 is 0. The van der Waals surface area contributed by atoms with Crippen LogP contribution in [0.5, 0.6) is 0 Å². The number of hydrogen-bond donors (Lipinski definition) is 2. The van der Waals surface area contributed by atoms with E-state index in [1.165, 1.54) is 11.3 Å². The summed E-state index contributed by atoms with van der Waals surface area (Å²) in [5, 5.41) is 4.96. The fourth-order valence-electron chi connectivity index (χ4n) is 1.18. The molecule has 1 rings (SSSR count). The first-order chi connectivity index (χ1) is 9.38. The Balaban J connectivity index is 2.40. The highest BCUT2D eigenvalue weighted by molar-refractivity contribution is 7.13. The van der Waals surface area contributed by atoms with Crippen LogP contribution in [0.1, 0.15) is 33.4 Å². The number of anilines is 1. The molecule has 2 amide bonds. The Kier molecular flexibility index (Phi) is 6.60. The number of thiazole rings is 1. The van der Waals surface area contributed by atoms with Crippen molar-refractivity contribution in [2.45, 2.75) is 34.1 Å². The van der Waals surface area contributed by atoms with Crippen LogP contribution in [-0.2, 0) is 20.8 Å². The van der Waals surface area contributed by atoms with Gasteiger partial charge in [-0.1, -0.05) is 27.7 Å². The topological polar surface area (TPSA) is 80.3 Å². The van der Waals surface area contributed by atoms with Gasteiger partial charge in [-0.15, -0.1) is 11.3 Å². The van der Waals surface area contributed by atoms with E-state index in [1.54, 1.807) is 5.38 Å². The molecular formula is C13H21N3O3S. The SMILES string of the molecule is CC(C)CONC(=O)Cc1csc(NC(=O)C(C)C)n1. The second-order valence-electron chi connectivity index (χ2n) is 5.19. The summed E-state index contributed by atoms with van der Waals surface area (Å²) >= 11 is 1.30. The predicted molar refractivity (Wildman–Crippen MR) is 78.2 cm³/mol. The maximum absolute atomic E-state index is 11.6. The van der Waals surface area contributed by atoms with Gasteiger partial charge >= 0.3 is 0 Å². The Morgan fingerprint density at radius 2 is 2.05 bits per heavy atom. The van der Waals surface area contributed by atoms with Crippen LogP contribution in [0.15, 0.2) is 5.38 Å². The van der Waals surface area contributed by atoms with Gasteiger partial charge in [0.2, 0.25) is 11.8 Å². The first kappa shape index (κ1) is 16.6. The number of amides is 2. The van der Waals surface area contributed by atoms with E-state index in [-0.39, 0.29) is 24.2 Å². The lowest BCUT2D eigenvalue weighted by molar-refractivity contribution is -0.133. The number of carbonyl (C=O) groups excluding carboxylic acids is 2. The molecule has 1 heterocycles. The van der Waals surface area contributed by atoms with E-state index < -0.39 is 0 Å². The van der Waals surface area contributed by atoms with Gasteiger partial charge in [0.15, 0.2) is 5.13 Å². The smallest absolute Gasteiger partial charge is 0.249 e. The molecule has 6 nitrogen and oxygen atoms in total. The van der Waals surface area contributed by atoms with E-state index in [9.17, 15) is 9.59 Å². The molecule has 1 aromatic rings. The summed E-state index contributed by atoms with van der Waals surface area (Å²) in [7, 11) is 0. The molecule has 0 saturated heterocycles. The average molecular weight is 299 g/mol. The molecule has 0 aliphatic carbocycles. The largest absolute Gasteiger partial charge is 0.302 e. The molecule has 0 radical (unpaired) electrons. The zero-order chi connectivity index (χ0) is 15.1. The van der Waals surface area contributed by atoms with Gasteiger partial charge in [-0.3, -0.25) is 14.4 Å². The van der Waals surface area contributed by atoms with Crippen LogP contribution in [0.4, 0.5) is 5.13 Å². The molecule has 0 aliphatic heterocycles. The van der Waals surface area contributed by atoms with Crippen molar-refractivity contribution in [3.63, 3.8) is 0 Å². The van der Waals surface area contributed by atoms with Crippen LogP contribution in [0.2, 0.25) is 0 Å². The molecule has 20 heavy (non-hydrogen) atoms. The fraction of sp³-hybridized carbons (Fsp3) is 0.615. The van der Waals surface area contributed by atoms with Crippen molar-refractivity contribution in [2.75, 3.05) is 11.9 Å². The van der Waals surface area contributed by atoms with E-state index in [4.69, 9.17) is 4.84 Å². The lowest BCUT2D eigenvalue weighted by atomic mass is 10.2. The predicted octanol–water partition coefficient (Wildman–Crippen LogP) is 1.98. The maximum Gasteiger partial charge on any atom is 0.249 e. The van der Waals surface area contributed by atoms with Crippen molar-refractivity contribution in [1.82, 2.24) is 10.5 Å². The van der Waals surface area contributed by atoms with Gasteiger partial charge in [-0.25, -0.2) is 10.5 Å². The van der Waals surface area contributed by atoms with Crippen LogP contribution in [0.25, 0.3) is 0 Å². The summed E-state index contributed by atoms with van der Waals surface area (Å²) in [6.07, 6.45) is 0.131. The minimum atomic E-state index is -0.252. The van der Waals surface area contributed by atoms with E-state index >= 15 is 0 Å². The summed E-state index contributed by atoms with van der Waals surface area (Å²) in [6.45, 7) is 8.08. The van der Waals surface area contributed by atoms with Gasteiger partial charge < -0.3 is 5.32 Å². The molecule has 7 heteroatoms. The van der Waals surface area contributed by atoms with Crippen LogP contribution in [-0.4, -0.2) is 23.4 Å². The van der Waals surface area contributed by atoms with Crippen LogP contribution in [0, 0.1) is 11.8 Å². The zero-order valence-corrected chi connectivity index (χ0v) is 13.0. The number of nitrogens with zero attached hydrogens (tertiary/aromatic N) is 1. The molecule has 0 aliphatic rings. The van der Waals surface area contributed by atoms with E-state index in [2.05, 4.69) is 15.8 Å². The summed E-state index contributed by atoms with van der Waals surface area (Å²) in [6, 6.07) is 0. The Morgan fingerprint density at radius 3 is 2.65 bits per heavy atom. The Bertz CT molecular complexity index is 457. The molecule has 0 fully saturated rings. The number of carbonyl (C=O) groups is 2. The normalized spacial score (nSPS) is 10.9. The van der Waals surface area contributed by atoms with Gasteiger partial charge in [-0.2, -0.15) is 0 Å². The van der Waals surface area contributed by atoms with Crippen molar-refractivity contribution in [3.05, 3.63) is 11.1 Å². The second kappa shape index (κ2) is 7.96. The third kappa shape index (κ3) is 6.12. The highest BCUT2D eigenvalue weighted by atomic mass is 32.1. The quantitative estimate of drug-likeness (QED) is 0.754. The summed E-state index contributed by atoms with van der Waals surface area (Å²) in [5.41, 5.74) is 2.98. The number of rotatable bonds is 7.